The van der Waals surface area contributed by atoms with Crippen LogP contribution in [0.5, 0.6) is 11.5 Å². The van der Waals surface area contributed by atoms with Crippen LogP contribution in [0.3, 0.4) is 0 Å². The molecule has 242 valence electrons. The molecule has 0 heterocycles. The molecule has 0 spiro atoms. The molecule has 0 saturated heterocycles. The van der Waals surface area contributed by atoms with Gasteiger partial charge in [0, 0.05) is 38.5 Å². The van der Waals surface area contributed by atoms with Crippen LogP contribution >= 0.6 is 23.5 Å². The van der Waals surface area contributed by atoms with Gasteiger partial charge in [-0.05, 0) is 73.1 Å². The van der Waals surface area contributed by atoms with E-state index in [1.165, 1.54) is 20.9 Å². The normalized spacial score (nSPS) is 13.3. The molecule has 0 saturated carbocycles. The summed E-state index contributed by atoms with van der Waals surface area (Å²) in [4.78, 5) is 14.2. The number of benzene rings is 2. The minimum atomic E-state index is -0.187. The largest absolute Gasteiger partial charge is 0.507 e. The molecule has 1 N–H and O–H groups in total. The van der Waals surface area contributed by atoms with Crippen molar-refractivity contribution in [1.82, 2.24) is 0 Å². The molecule has 6 heteroatoms. The fourth-order valence-electron chi connectivity index (χ4n) is 4.95. The van der Waals surface area contributed by atoms with Crippen LogP contribution in [0.15, 0.2) is 34.1 Å². The molecule has 0 unspecified atom stereocenters. The lowest BCUT2D eigenvalue weighted by atomic mass is 9.79. The van der Waals surface area contributed by atoms with E-state index in [9.17, 15) is 9.90 Å². The Hall–Kier alpha value is -1.79. The Balaban J connectivity index is 2.52. The molecule has 4 nitrogen and oxygen atoms in total. The predicted molar refractivity (Wildman–Crippen MR) is 187 cm³/mol. The van der Waals surface area contributed by atoms with Crippen molar-refractivity contribution in [2.24, 2.45) is 0 Å². The first-order chi connectivity index (χ1) is 19.4. The van der Waals surface area contributed by atoms with Crippen LogP contribution in [0, 0.1) is 0 Å². The molecular formula is C37H58O4S2. The van der Waals surface area contributed by atoms with E-state index in [4.69, 9.17) is 9.47 Å². The summed E-state index contributed by atoms with van der Waals surface area (Å²) in [6.07, 6.45) is 0.972. The van der Waals surface area contributed by atoms with Crippen molar-refractivity contribution >= 4 is 29.5 Å². The molecule has 0 amide bonds. The van der Waals surface area contributed by atoms with Crippen molar-refractivity contribution in [1.29, 1.82) is 0 Å². The number of hydrogen-bond donors (Lipinski definition) is 1. The Kier molecular flexibility index (Phi) is 11.9. The molecule has 0 aliphatic heterocycles. The summed E-state index contributed by atoms with van der Waals surface area (Å²) in [5.41, 5.74) is 3.70. The van der Waals surface area contributed by atoms with Gasteiger partial charge in [0.25, 0.3) is 0 Å². The Bertz CT molecular complexity index is 1200. The van der Waals surface area contributed by atoms with Crippen LogP contribution in [0.25, 0.3) is 0 Å². The van der Waals surface area contributed by atoms with E-state index in [0.717, 1.165) is 16.9 Å². The number of esters is 1. The molecule has 0 bridgehead atoms. The zero-order valence-corrected chi connectivity index (χ0v) is 31.3. The van der Waals surface area contributed by atoms with E-state index in [1.807, 2.05) is 30.4 Å². The van der Waals surface area contributed by atoms with E-state index in [0.29, 0.717) is 31.8 Å². The maximum atomic E-state index is 11.9. The fourth-order valence-corrected chi connectivity index (χ4v) is 7.54. The van der Waals surface area contributed by atoms with Crippen LogP contribution < -0.4 is 4.74 Å². The molecule has 2 rings (SSSR count). The molecule has 0 aliphatic rings. The van der Waals surface area contributed by atoms with Crippen LogP contribution in [-0.2, 0) is 31.2 Å². The number of hydrogen-bond acceptors (Lipinski definition) is 6. The predicted octanol–water partition coefficient (Wildman–Crippen LogP) is 10.9. The van der Waals surface area contributed by atoms with Gasteiger partial charge in [-0.2, -0.15) is 0 Å². The van der Waals surface area contributed by atoms with Crippen molar-refractivity contribution in [3.63, 3.8) is 0 Å². The minimum absolute atomic E-state index is 0.134. The van der Waals surface area contributed by atoms with E-state index in [1.54, 1.807) is 0 Å². The van der Waals surface area contributed by atoms with Crippen molar-refractivity contribution in [3.8, 4) is 11.5 Å². The summed E-state index contributed by atoms with van der Waals surface area (Å²) in [6, 6.07) is 8.93. The van der Waals surface area contributed by atoms with Gasteiger partial charge in [0.1, 0.15) is 11.5 Å². The molecule has 43 heavy (non-hydrogen) atoms. The molecular weight excluding hydrogens is 573 g/mol. The highest BCUT2D eigenvalue weighted by Gasteiger charge is 2.32. The number of ether oxygens (including phenoxy) is 2. The van der Waals surface area contributed by atoms with Crippen LogP contribution in [0.2, 0.25) is 0 Å². The third-order valence-corrected chi connectivity index (χ3v) is 9.61. The van der Waals surface area contributed by atoms with Crippen LogP contribution in [0.4, 0.5) is 0 Å². The van der Waals surface area contributed by atoms with Gasteiger partial charge in [-0.15, -0.1) is 23.5 Å². The number of carbonyl (C=O) groups is 1. The molecule has 2 aromatic carbocycles. The zero-order chi connectivity index (χ0) is 33.2. The maximum Gasteiger partial charge on any atom is 0.305 e. The number of rotatable bonds is 10. The van der Waals surface area contributed by atoms with Crippen molar-refractivity contribution < 1.29 is 19.4 Å². The maximum absolute atomic E-state index is 11.9. The third kappa shape index (κ3) is 10.7. The fraction of sp³-hybridized carbons (Fsp3) is 0.649. The average molecular weight is 631 g/mol. The Labute approximate surface area is 271 Å². The van der Waals surface area contributed by atoms with Gasteiger partial charge in [0.2, 0.25) is 0 Å². The molecule has 2 aromatic rings. The Morgan fingerprint density at radius 1 is 0.674 bits per heavy atom. The lowest BCUT2D eigenvalue weighted by molar-refractivity contribution is -0.143. The monoisotopic (exact) mass is 630 g/mol. The first-order valence-electron chi connectivity index (χ1n) is 15.6. The second kappa shape index (κ2) is 13.7. The number of aromatic hydroxyl groups is 1. The topological polar surface area (TPSA) is 55.8 Å². The SMILES string of the molecule is CCOC(=O)CCCOc1c(C(C)(C)C)cc(SC(C)(C)Sc2cc(C(C)(C)C)c(O)c(C(C)(C)C)c2)cc1C(C)(C)C. The first kappa shape index (κ1) is 37.4. The standard InChI is InChI=1S/C37H58O4S2/c1-16-40-30(38)18-17-19-41-32-28(35(8,9)10)22-25(23-29(32)36(11,12)13)43-37(14,15)42-24-20-26(33(2,3)4)31(39)27(21-24)34(5,6)7/h20-23,39H,16-19H2,1-15H3. The van der Waals surface area contributed by atoms with Gasteiger partial charge >= 0.3 is 5.97 Å². The summed E-state index contributed by atoms with van der Waals surface area (Å²) in [5.74, 6) is 1.17. The Morgan fingerprint density at radius 2 is 1.05 bits per heavy atom. The van der Waals surface area contributed by atoms with Gasteiger partial charge in [-0.25, -0.2) is 0 Å². The van der Waals surface area contributed by atoms with Crippen molar-refractivity contribution in [2.45, 2.75) is 152 Å². The van der Waals surface area contributed by atoms with Gasteiger partial charge in [-0.3, -0.25) is 4.79 Å². The zero-order valence-electron chi connectivity index (χ0n) is 29.6. The average Bonchev–Trinajstić information content (AvgIpc) is 2.80. The lowest BCUT2D eigenvalue weighted by Gasteiger charge is -2.32. The summed E-state index contributed by atoms with van der Waals surface area (Å²) in [6.45, 7) is 33.6. The van der Waals surface area contributed by atoms with E-state index in [2.05, 4.69) is 121 Å². The molecule has 0 radical (unpaired) electrons. The summed E-state index contributed by atoms with van der Waals surface area (Å²) in [7, 11) is 0. The van der Waals surface area contributed by atoms with E-state index < -0.39 is 0 Å². The molecule has 0 aliphatic carbocycles. The van der Waals surface area contributed by atoms with E-state index >= 15 is 0 Å². The Morgan fingerprint density at radius 3 is 1.40 bits per heavy atom. The number of phenolic OH excluding ortho intramolecular Hbond substituents is 1. The summed E-state index contributed by atoms with van der Waals surface area (Å²) in [5, 5.41) is 11.2. The van der Waals surface area contributed by atoms with Crippen molar-refractivity contribution in [2.75, 3.05) is 13.2 Å². The second-order valence-corrected chi connectivity index (χ2v) is 19.7. The number of thioether (sulfide) groups is 2. The number of phenols is 1. The highest BCUT2D eigenvalue weighted by Crippen LogP contribution is 2.51. The van der Waals surface area contributed by atoms with Gasteiger partial charge < -0.3 is 14.6 Å². The van der Waals surface area contributed by atoms with Crippen molar-refractivity contribution in [3.05, 3.63) is 46.5 Å². The lowest BCUT2D eigenvalue weighted by Crippen LogP contribution is -2.21. The summed E-state index contributed by atoms with van der Waals surface area (Å²) >= 11 is 3.70. The summed E-state index contributed by atoms with van der Waals surface area (Å²) < 4.78 is 11.4. The van der Waals surface area contributed by atoms with Gasteiger partial charge in [-0.1, -0.05) is 83.1 Å². The molecule has 0 atom stereocenters. The highest BCUT2D eigenvalue weighted by atomic mass is 32.2. The minimum Gasteiger partial charge on any atom is -0.507 e. The van der Waals surface area contributed by atoms with Gasteiger partial charge in [0.15, 0.2) is 0 Å². The first-order valence-corrected chi connectivity index (χ1v) is 17.2. The van der Waals surface area contributed by atoms with Crippen LogP contribution in [0.1, 0.15) is 139 Å². The van der Waals surface area contributed by atoms with Crippen LogP contribution in [-0.4, -0.2) is 28.4 Å². The smallest absolute Gasteiger partial charge is 0.305 e. The second-order valence-electron chi connectivity index (χ2n) is 16.1. The molecule has 0 aromatic heterocycles. The quantitative estimate of drug-likeness (QED) is 0.122. The highest BCUT2D eigenvalue weighted by molar-refractivity contribution is 8.18. The third-order valence-electron chi connectivity index (χ3n) is 7.18. The van der Waals surface area contributed by atoms with Gasteiger partial charge in [0.05, 0.1) is 17.3 Å². The molecule has 0 fully saturated rings. The van der Waals surface area contributed by atoms with E-state index in [-0.39, 0.29) is 31.7 Å². The number of carbonyl (C=O) groups excluding carboxylic acids is 1.